The lowest BCUT2D eigenvalue weighted by atomic mass is 10.1. The van der Waals surface area contributed by atoms with Crippen molar-refractivity contribution in [1.29, 1.82) is 0 Å². The molecule has 0 saturated carbocycles. The van der Waals surface area contributed by atoms with E-state index in [0.29, 0.717) is 5.92 Å². The van der Waals surface area contributed by atoms with Gasteiger partial charge in [0.1, 0.15) is 0 Å². The standard InChI is InChI=1S/C6H11/c1-4-6(3)5-2/h4,6H,1,3,5H2,2H3. The molecule has 0 aromatic rings. The number of allylic oxidation sites excluding steroid dienone is 1. The van der Waals surface area contributed by atoms with Gasteiger partial charge in [-0.2, -0.15) is 0 Å². The van der Waals surface area contributed by atoms with Crippen molar-refractivity contribution in [3.63, 3.8) is 0 Å². The second-order valence-electron chi connectivity index (χ2n) is 1.40. The van der Waals surface area contributed by atoms with Crippen LogP contribution in [0.25, 0.3) is 0 Å². The molecule has 0 nitrogen and oxygen atoms in total. The lowest BCUT2D eigenvalue weighted by Crippen LogP contribution is -1.81. The fraction of sp³-hybridized carbons (Fsp3) is 0.500. The highest BCUT2D eigenvalue weighted by Gasteiger charge is 1.84. The van der Waals surface area contributed by atoms with Crippen LogP contribution in [-0.4, -0.2) is 0 Å². The Kier molecular flexibility index (Phi) is 2.82. The lowest BCUT2D eigenvalue weighted by molar-refractivity contribution is 0.772. The molecule has 6 heavy (non-hydrogen) atoms. The summed E-state index contributed by atoms with van der Waals surface area (Å²) in [7, 11) is 0. The van der Waals surface area contributed by atoms with Gasteiger partial charge in [-0.15, -0.1) is 6.58 Å². The molecule has 1 atom stereocenters. The average Bonchev–Trinajstić information content (AvgIpc) is 1.65. The van der Waals surface area contributed by atoms with E-state index in [2.05, 4.69) is 20.4 Å². The van der Waals surface area contributed by atoms with Gasteiger partial charge < -0.3 is 0 Å². The molecule has 0 heterocycles. The molecule has 1 radical (unpaired) electrons. The maximum Gasteiger partial charge on any atom is -0.0239 e. The summed E-state index contributed by atoms with van der Waals surface area (Å²) in [5.41, 5.74) is 0. The van der Waals surface area contributed by atoms with Crippen LogP contribution in [0.5, 0.6) is 0 Å². The van der Waals surface area contributed by atoms with E-state index in [0.717, 1.165) is 6.42 Å². The number of hydrogen-bond acceptors (Lipinski definition) is 0. The van der Waals surface area contributed by atoms with E-state index in [1.807, 2.05) is 6.08 Å². The normalized spacial score (nSPS) is 13.7. The highest BCUT2D eigenvalue weighted by Crippen LogP contribution is 1.97. The molecule has 0 aromatic heterocycles. The Morgan fingerprint density at radius 1 is 1.83 bits per heavy atom. The fourth-order valence-corrected chi connectivity index (χ4v) is 0.167. The molecule has 1 unspecified atom stereocenters. The Balaban J connectivity index is 2.96. The molecular weight excluding hydrogens is 72.1 g/mol. The van der Waals surface area contributed by atoms with E-state index in [1.165, 1.54) is 0 Å². The summed E-state index contributed by atoms with van der Waals surface area (Å²) < 4.78 is 0. The topological polar surface area (TPSA) is 0 Å². The van der Waals surface area contributed by atoms with E-state index in [-0.39, 0.29) is 0 Å². The molecule has 0 aliphatic rings. The van der Waals surface area contributed by atoms with E-state index in [9.17, 15) is 0 Å². The molecule has 0 N–H and O–H groups in total. The highest BCUT2D eigenvalue weighted by atomic mass is 13.9. The molecule has 0 aromatic carbocycles. The zero-order chi connectivity index (χ0) is 4.99. The summed E-state index contributed by atoms with van der Waals surface area (Å²) in [6, 6.07) is 0. The highest BCUT2D eigenvalue weighted by molar-refractivity contribution is 4.78. The van der Waals surface area contributed by atoms with Crippen LogP contribution in [0.3, 0.4) is 0 Å². The monoisotopic (exact) mass is 83.1 g/mol. The SMILES string of the molecule is [CH2]C(C=C)CC. The maximum absolute atomic E-state index is 3.76. The van der Waals surface area contributed by atoms with Crippen molar-refractivity contribution in [3.05, 3.63) is 19.6 Å². The Morgan fingerprint density at radius 2 is 2.33 bits per heavy atom. The van der Waals surface area contributed by atoms with Crippen LogP contribution in [0.1, 0.15) is 13.3 Å². The summed E-state index contributed by atoms with van der Waals surface area (Å²) in [5, 5.41) is 0. The van der Waals surface area contributed by atoms with E-state index < -0.39 is 0 Å². The predicted molar refractivity (Wildman–Crippen MR) is 29.3 cm³/mol. The third-order valence-electron chi connectivity index (χ3n) is 0.858. The van der Waals surface area contributed by atoms with Crippen molar-refractivity contribution in [2.45, 2.75) is 13.3 Å². The van der Waals surface area contributed by atoms with E-state index >= 15 is 0 Å². The summed E-state index contributed by atoms with van der Waals surface area (Å²) >= 11 is 0. The first kappa shape index (κ1) is 5.74. The Bertz CT molecular complexity index is 37.3. The van der Waals surface area contributed by atoms with Gasteiger partial charge in [0.05, 0.1) is 0 Å². The summed E-state index contributed by atoms with van der Waals surface area (Å²) in [6.07, 6.45) is 2.96. The smallest absolute Gasteiger partial charge is 0.0239 e. The van der Waals surface area contributed by atoms with Crippen molar-refractivity contribution in [2.75, 3.05) is 0 Å². The molecule has 0 heteroatoms. The number of hydrogen-bond donors (Lipinski definition) is 0. The summed E-state index contributed by atoms with van der Waals surface area (Å²) in [4.78, 5) is 0. The molecular formula is C6H11. The van der Waals surface area contributed by atoms with E-state index in [1.54, 1.807) is 0 Å². The van der Waals surface area contributed by atoms with Gasteiger partial charge in [0, 0.05) is 0 Å². The third-order valence-corrected chi connectivity index (χ3v) is 0.858. The summed E-state index contributed by atoms with van der Waals surface area (Å²) in [5.74, 6) is 0.449. The van der Waals surface area contributed by atoms with Gasteiger partial charge >= 0.3 is 0 Å². The Hall–Kier alpha value is -0.260. The molecule has 0 saturated heterocycles. The maximum atomic E-state index is 3.76. The second-order valence-corrected chi connectivity index (χ2v) is 1.40. The van der Waals surface area contributed by atoms with Crippen LogP contribution in [0, 0.1) is 12.8 Å². The average molecular weight is 83.2 g/mol. The second kappa shape index (κ2) is 2.95. The molecule has 0 amide bonds. The van der Waals surface area contributed by atoms with Crippen molar-refractivity contribution < 1.29 is 0 Å². The Morgan fingerprint density at radius 3 is 2.33 bits per heavy atom. The van der Waals surface area contributed by atoms with Gasteiger partial charge in [0.25, 0.3) is 0 Å². The van der Waals surface area contributed by atoms with Gasteiger partial charge in [-0.1, -0.05) is 13.0 Å². The van der Waals surface area contributed by atoms with Crippen molar-refractivity contribution >= 4 is 0 Å². The predicted octanol–water partition coefficient (Wildman–Crippen LogP) is 2.03. The zero-order valence-corrected chi connectivity index (χ0v) is 4.28. The molecule has 0 fully saturated rings. The third kappa shape index (κ3) is 2.01. The van der Waals surface area contributed by atoms with E-state index in [4.69, 9.17) is 0 Å². The first-order chi connectivity index (χ1) is 2.81. The largest absolute Gasteiger partial charge is 0.103 e. The molecule has 0 rings (SSSR count). The van der Waals surface area contributed by atoms with Crippen molar-refractivity contribution in [2.24, 2.45) is 5.92 Å². The van der Waals surface area contributed by atoms with Gasteiger partial charge in [0.15, 0.2) is 0 Å². The minimum atomic E-state index is 0.449. The first-order valence-electron chi connectivity index (χ1n) is 2.27. The molecule has 0 bridgehead atoms. The van der Waals surface area contributed by atoms with Gasteiger partial charge in [0.2, 0.25) is 0 Å². The minimum absolute atomic E-state index is 0.449. The van der Waals surface area contributed by atoms with Crippen molar-refractivity contribution in [3.8, 4) is 0 Å². The minimum Gasteiger partial charge on any atom is -0.103 e. The molecule has 0 spiro atoms. The van der Waals surface area contributed by atoms with Crippen LogP contribution in [-0.2, 0) is 0 Å². The van der Waals surface area contributed by atoms with Crippen LogP contribution in [0.15, 0.2) is 12.7 Å². The van der Waals surface area contributed by atoms with Gasteiger partial charge in [-0.3, -0.25) is 0 Å². The molecule has 0 aliphatic carbocycles. The lowest BCUT2D eigenvalue weighted by Gasteiger charge is -1.93. The van der Waals surface area contributed by atoms with Crippen molar-refractivity contribution in [1.82, 2.24) is 0 Å². The van der Waals surface area contributed by atoms with Gasteiger partial charge in [-0.25, -0.2) is 0 Å². The van der Waals surface area contributed by atoms with Crippen LogP contribution < -0.4 is 0 Å². The number of rotatable bonds is 2. The quantitative estimate of drug-likeness (QED) is 0.448. The first-order valence-corrected chi connectivity index (χ1v) is 2.27. The zero-order valence-electron chi connectivity index (χ0n) is 4.28. The van der Waals surface area contributed by atoms with Crippen LogP contribution >= 0.6 is 0 Å². The van der Waals surface area contributed by atoms with Crippen LogP contribution in [0.4, 0.5) is 0 Å². The Labute approximate surface area is 39.9 Å². The molecule has 0 aliphatic heterocycles. The van der Waals surface area contributed by atoms with Crippen LogP contribution in [0.2, 0.25) is 0 Å². The van der Waals surface area contributed by atoms with Gasteiger partial charge in [-0.05, 0) is 19.3 Å². The fourth-order valence-electron chi connectivity index (χ4n) is 0.167. The molecule has 35 valence electrons. The summed E-state index contributed by atoms with van der Waals surface area (Å²) in [6.45, 7) is 9.42.